The lowest BCUT2D eigenvalue weighted by Crippen LogP contribution is -2.24. The van der Waals surface area contributed by atoms with Gasteiger partial charge in [0.2, 0.25) is 5.95 Å². The van der Waals surface area contributed by atoms with Crippen LogP contribution in [0.5, 0.6) is 0 Å². The maximum Gasteiger partial charge on any atom is 0.325 e. The molecule has 0 saturated heterocycles. The molecule has 2 amide bonds. The van der Waals surface area contributed by atoms with Crippen molar-refractivity contribution in [3.8, 4) is 0 Å². The minimum absolute atomic E-state index is 0.301. The van der Waals surface area contributed by atoms with Gasteiger partial charge < -0.3 is 5.32 Å². The van der Waals surface area contributed by atoms with Gasteiger partial charge in [0.05, 0.1) is 0 Å². The Morgan fingerprint density at radius 2 is 2.13 bits per heavy atom. The minimum atomic E-state index is -0.321. The second kappa shape index (κ2) is 4.54. The molecule has 78 valence electrons. The summed E-state index contributed by atoms with van der Waals surface area (Å²) < 4.78 is 0. The Bertz CT molecular complexity index is 359. The van der Waals surface area contributed by atoms with E-state index < -0.39 is 0 Å². The zero-order valence-electron chi connectivity index (χ0n) is 8.18. The molecule has 1 aromatic rings. The average molecular weight is 204 g/mol. The van der Waals surface area contributed by atoms with Crippen LogP contribution in [0.1, 0.15) is 12.8 Å². The highest BCUT2D eigenvalue weighted by molar-refractivity contribution is 5.87. The fraction of sp³-hybridized carbons (Fsp3) is 0.300. The topological polar surface area (TPSA) is 66.9 Å². The lowest BCUT2D eigenvalue weighted by molar-refractivity contribution is 0.255. The summed E-state index contributed by atoms with van der Waals surface area (Å²) in [6.45, 7) is 0. The van der Waals surface area contributed by atoms with Crippen molar-refractivity contribution in [2.75, 3.05) is 5.32 Å². The lowest BCUT2D eigenvalue weighted by atomic mass is 10.4. The molecule has 1 saturated carbocycles. The third-order valence-electron chi connectivity index (χ3n) is 2.00. The van der Waals surface area contributed by atoms with Crippen LogP contribution in [0.15, 0.2) is 30.7 Å². The van der Waals surface area contributed by atoms with Gasteiger partial charge in [-0.1, -0.05) is 6.08 Å². The molecule has 5 nitrogen and oxygen atoms in total. The molecule has 0 aromatic carbocycles. The second-order valence-corrected chi connectivity index (χ2v) is 3.37. The van der Waals surface area contributed by atoms with E-state index in [1.54, 1.807) is 24.7 Å². The zero-order valence-corrected chi connectivity index (χ0v) is 8.18. The molecule has 0 radical (unpaired) electrons. The van der Waals surface area contributed by atoms with Crippen LogP contribution in [-0.4, -0.2) is 16.0 Å². The Labute approximate surface area is 87.6 Å². The molecule has 2 rings (SSSR count). The van der Waals surface area contributed by atoms with Crippen LogP contribution >= 0.6 is 0 Å². The Balaban J connectivity index is 1.76. The van der Waals surface area contributed by atoms with Gasteiger partial charge in [-0.05, 0) is 24.8 Å². The van der Waals surface area contributed by atoms with Crippen molar-refractivity contribution in [1.82, 2.24) is 15.3 Å². The molecule has 1 aromatic heterocycles. The summed E-state index contributed by atoms with van der Waals surface area (Å²) in [4.78, 5) is 19.0. The van der Waals surface area contributed by atoms with Crippen LogP contribution < -0.4 is 10.6 Å². The third-order valence-corrected chi connectivity index (χ3v) is 2.00. The Morgan fingerprint density at radius 1 is 1.40 bits per heavy atom. The van der Waals surface area contributed by atoms with Gasteiger partial charge in [0.15, 0.2) is 0 Å². The number of aromatic nitrogens is 2. The molecule has 1 heterocycles. The van der Waals surface area contributed by atoms with Crippen molar-refractivity contribution in [2.24, 2.45) is 5.92 Å². The van der Waals surface area contributed by atoms with Crippen LogP contribution in [0.25, 0.3) is 0 Å². The Kier molecular flexibility index (Phi) is 2.92. The number of amides is 2. The van der Waals surface area contributed by atoms with Gasteiger partial charge in [-0.25, -0.2) is 14.8 Å². The van der Waals surface area contributed by atoms with Crippen LogP contribution in [0.3, 0.4) is 0 Å². The van der Waals surface area contributed by atoms with E-state index in [9.17, 15) is 4.79 Å². The van der Waals surface area contributed by atoms with E-state index in [1.807, 2.05) is 6.08 Å². The fourth-order valence-electron chi connectivity index (χ4n) is 1.05. The number of allylic oxidation sites excluding steroid dienone is 1. The predicted molar refractivity (Wildman–Crippen MR) is 56.1 cm³/mol. The first-order valence-electron chi connectivity index (χ1n) is 4.86. The molecule has 1 fully saturated rings. The first-order chi connectivity index (χ1) is 7.34. The number of hydrogen-bond donors (Lipinski definition) is 2. The van der Waals surface area contributed by atoms with Crippen molar-refractivity contribution in [3.05, 3.63) is 30.7 Å². The number of rotatable bonds is 3. The van der Waals surface area contributed by atoms with Gasteiger partial charge >= 0.3 is 6.03 Å². The summed E-state index contributed by atoms with van der Waals surface area (Å²) in [6, 6.07) is 1.37. The number of nitrogens with zero attached hydrogens (tertiary/aromatic N) is 2. The fourth-order valence-corrected chi connectivity index (χ4v) is 1.05. The molecule has 15 heavy (non-hydrogen) atoms. The normalized spacial score (nSPS) is 15.2. The first kappa shape index (κ1) is 9.64. The largest absolute Gasteiger partial charge is 0.325 e. The van der Waals surface area contributed by atoms with Gasteiger partial charge in [0, 0.05) is 18.6 Å². The van der Waals surface area contributed by atoms with Crippen molar-refractivity contribution in [1.29, 1.82) is 0 Å². The van der Waals surface area contributed by atoms with E-state index in [0.29, 0.717) is 11.9 Å². The molecule has 0 spiro atoms. The van der Waals surface area contributed by atoms with E-state index in [2.05, 4.69) is 20.6 Å². The molecule has 0 bridgehead atoms. The molecular weight excluding hydrogens is 192 g/mol. The van der Waals surface area contributed by atoms with Crippen molar-refractivity contribution < 1.29 is 4.79 Å². The Morgan fingerprint density at radius 3 is 2.80 bits per heavy atom. The van der Waals surface area contributed by atoms with Crippen LogP contribution in [0.2, 0.25) is 0 Å². The van der Waals surface area contributed by atoms with Crippen molar-refractivity contribution in [2.45, 2.75) is 12.8 Å². The van der Waals surface area contributed by atoms with Gasteiger partial charge in [0.1, 0.15) is 0 Å². The number of carbonyl (C=O) groups excluding carboxylic acids is 1. The molecule has 5 heteroatoms. The summed E-state index contributed by atoms with van der Waals surface area (Å²) in [6.07, 6.45) is 9.25. The Hall–Kier alpha value is -1.91. The molecule has 1 aliphatic rings. The zero-order chi connectivity index (χ0) is 10.5. The summed E-state index contributed by atoms with van der Waals surface area (Å²) >= 11 is 0. The van der Waals surface area contributed by atoms with E-state index in [4.69, 9.17) is 0 Å². The lowest BCUT2D eigenvalue weighted by Gasteiger charge is -2.01. The number of anilines is 1. The van der Waals surface area contributed by atoms with E-state index in [1.165, 1.54) is 12.8 Å². The third kappa shape index (κ3) is 3.38. The van der Waals surface area contributed by atoms with E-state index in [0.717, 1.165) is 0 Å². The number of nitrogens with one attached hydrogen (secondary N) is 2. The molecule has 2 N–H and O–H groups in total. The summed E-state index contributed by atoms with van der Waals surface area (Å²) in [7, 11) is 0. The quantitative estimate of drug-likeness (QED) is 0.784. The molecule has 0 aliphatic heterocycles. The summed E-state index contributed by atoms with van der Waals surface area (Å²) in [5.41, 5.74) is 0. The van der Waals surface area contributed by atoms with Gasteiger partial charge in [0.25, 0.3) is 0 Å². The average Bonchev–Trinajstić information content (AvgIpc) is 3.03. The van der Waals surface area contributed by atoms with Crippen LogP contribution in [0.4, 0.5) is 10.7 Å². The predicted octanol–water partition coefficient (Wildman–Crippen LogP) is 1.52. The van der Waals surface area contributed by atoms with Crippen LogP contribution in [0, 0.1) is 5.92 Å². The maximum atomic E-state index is 11.3. The van der Waals surface area contributed by atoms with E-state index in [-0.39, 0.29) is 6.03 Å². The van der Waals surface area contributed by atoms with E-state index >= 15 is 0 Å². The highest BCUT2D eigenvalue weighted by Gasteiger charge is 2.17. The highest BCUT2D eigenvalue weighted by atomic mass is 16.2. The summed E-state index contributed by atoms with van der Waals surface area (Å²) in [5, 5.41) is 5.10. The summed E-state index contributed by atoms with van der Waals surface area (Å²) in [5.74, 6) is 0.952. The number of hydrogen-bond acceptors (Lipinski definition) is 3. The monoisotopic (exact) mass is 204 g/mol. The smallest absolute Gasteiger partial charge is 0.315 e. The number of urea groups is 1. The molecule has 0 unspecified atom stereocenters. The highest BCUT2D eigenvalue weighted by Crippen LogP contribution is 2.29. The molecule has 1 aliphatic carbocycles. The maximum absolute atomic E-state index is 11.3. The van der Waals surface area contributed by atoms with Gasteiger partial charge in [-0.3, -0.25) is 5.32 Å². The number of carbonyl (C=O) groups is 1. The molecule has 0 atom stereocenters. The van der Waals surface area contributed by atoms with Crippen molar-refractivity contribution >= 4 is 12.0 Å². The minimum Gasteiger partial charge on any atom is -0.315 e. The first-order valence-corrected chi connectivity index (χ1v) is 4.86. The molecular formula is C10H12N4O. The van der Waals surface area contributed by atoms with Crippen LogP contribution in [-0.2, 0) is 0 Å². The second-order valence-electron chi connectivity index (χ2n) is 3.37. The van der Waals surface area contributed by atoms with Gasteiger partial charge in [-0.2, -0.15) is 0 Å². The standard InChI is InChI=1S/C10H12N4O/c15-10(13-7-4-8-2-3-8)14-9-11-5-1-6-12-9/h1,4-8H,2-3H2,(H2,11,12,13,14,15)/b7-4+. The van der Waals surface area contributed by atoms with Crippen molar-refractivity contribution in [3.63, 3.8) is 0 Å². The van der Waals surface area contributed by atoms with Gasteiger partial charge in [-0.15, -0.1) is 0 Å². The SMILES string of the molecule is O=C(N/C=C/C1CC1)Nc1ncccn1.